The number of ether oxygens (including phenoxy) is 1. The molecule has 0 atom stereocenters. The lowest BCUT2D eigenvalue weighted by Gasteiger charge is -2.11. The second kappa shape index (κ2) is 4.34. The molecule has 0 heterocycles. The maximum Gasteiger partial charge on any atom is 0.168 e. The zero-order valence-electron chi connectivity index (χ0n) is 9.22. The van der Waals surface area contributed by atoms with Crippen LogP contribution in [0.1, 0.15) is 24.8 Å². The zero-order chi connectivity index (χ0) is 11.8. The third kappa shape index (κ3) is 2.55. The molecule has 0 spiro atoms. The smallest absolute Gasteiger partial charge is 0.168 e. The Labute approximate surface area is 103 Å². The van der Waals surface area contributed by atoms with Gasteiger partial charge in [0.15, 0.2) is 11.6 Å². The van der Waals surface area contributed by atoms with E-state index in [1.165, 1.54) is 7.11 Å². The number of nitrogens with two attached hydrogens (primary N) is 1. The van der Waals surface area contributed by atoms with Crippen molar-refractivity contribution in [1.29, 1.82) is 0 Å². The van der Waals surface area contributed by atoms with Gasteiger partial charge in [0.1, 0.15) is 0 Å². The molecule has 1 aromatic carbocycles. The molecular formula is C12H15BrFNO. The number of rotatable bonds is 4. The van der Waals surface area contributed by atoms with Crippen molar-refractivity contribution < 1.29 is 9.13 Å². The number of benzene rings is 1. The molecule has 0 aromatic heterocycles. The van der Waals surface area contributed by atoms with Crippen molar-refractivity contribution in [2.75, 3.05) is 7.11 Å². The van der Waals surface area contributed by atoms with Crippen molar-refractivity contribution in [3.63, 3.8) is 0 Å². The van der Waals surface area contributed by atoms with Crippen LogP contribution in [0.25, 0.3) is 0 Å². The highest BCUT2D eigenvalue weighted by Crippen LogP contribution is 2.37. The Kier molecular flexibility index (Phi) is 3.22. The lowest BCUT2D eigenvalue weighted by atomic mass is 10.0. The SMILES string of the molecule is COc1cc(Br)cc(CCC2(N)CC2)c1F. The minimum Gasteiger partial charge on any atom is -0.494 e. The number of methoxy groups -OCH3 is 1. The van der Waals surface area contributed by atoms with Crippen molar-refractivity contribution in [3.8, 4) is 5.75 Å². The number of hydrogen-bond donors (Lipinski definition) is 1. The molecule has 0 aliphatic heterocycles. The fourth-order valence-corrected chi connectivity index (χ4v) is 2.23. The Morgan fingerprint density at radius 2 is 2.19 bits per heavy atom. The summed E-state index contributed by atoms with van der Waals surface area (Å²) in [5.41, 5.74) is 6.62. The molecular weight excluding hydrogens is 273 g/mol. The van der Waals surface area contributed by atoms with Crippen LogP contribution < -0.4 is 10.5 Å². The van der Waals surface area contributed by atoms with Crippen LogP contribution in [0.4, 0.5) is 4.39 Å². The lowest BCUT2D eigenvalue weighted by Crippen LogP contribution is -2.22. The van der Waals surface area contributed by atoms with Crippen molar-refractivity contribution >= 4 is 15.9 Å². The average molecular weight is 288 g/mol. The fourth-order valence-electron chi connectivity index (χ4n) is 1.74. The second-order valence-electron chi connectivity index (χ2n) is 4.44. The van der Waals surface area contributed by atoms with Crippen LogP contribution in [0.15, 0.2) is 16.6 Å². The van der Waals surface area contributed by atoms with Crippen LogP contribution in [0.5, 0.6) is 5.75 Å². The molecule has 1 saturated carbocycles. The van der Waals surface area contributed by atoms with Gasteiger partial charge in [0.2, 0.25) is 0 Å². The van der Waals surface area contributed by atoms with Gasteiger partial charge in [-0.25, -0.2) is 4.39 Å². The van der Waals surface area contributed by atoms with Crippen molar-refractivity contribution in [3.05, 3.63) is 28.0 Å². The first-order chi connectivity index (χ1) is 7.54. The molecule has 88 valence electrons. The Bertz CT molecular complexity index is 404. The van der Waals surface area contributed by atoms with E-state index in [0.29, 0.717) is 12.0 Å². The maximum atomic E-state index is 13.9. The second-order valence-corrected chi connectivity index (χ2v) is 5.36. The Balaban J connectivity index is 2.15. The van der Waals surface area contributed by atoms with E-state index in [-0.39, 0.29) is 17.1 Å². The molecule has 2 rings (SSSR count). The Hall–Kier alpha value is -0.610. The molecule has 1 aliphatic rings. The molecule has 0 radical (unpaired) electrons. The van der Waals surface area contributed by atoms with Crippen molar-refractivity contribution in [1.82, 2.24) is 0 Å². The van der Waals surface area contributed by atoms with Crippen LogP contribution in [0.2, 0.25) is 0 Å². The van der Waals surface area contributed by atoms with E-state index >= 15 is 0 Å². The summed E-state index contributed by atoms with van der Waals surface area (Å²) in [5, 5.41) is 0. The summed E-state index contributed by atoms with van der Waals surface area (Å²) in [6, 6.07) is 3.43. The fraction of sp³-hybridized carbons (Fsp3) is 0.500. The predicted molar refractivity (Wildman–Crippen MR) is 65.1 cm³/mol. The molecule has 0 amide bonds. The quantitative estimate of drug-likeness (QED) is 0.924. The first-order valence-corrected chi connectivity index (χ1v) is 6.14. The number of aryl methyl sites for hydroxylation is 1. The molecule has 1 aromatic rings. The lowest BCUT2D eigenvalue weighted by molar-refractivity contribution is 0.383. The topological polar surface area (TPSA) is 35.2 Å². The van der Waals surface area contributed by atoms with E-state index in [1.54, 1.807) is 12.1 Å². The first-order valence-electron chi connectivity index (χ1n) is 5.35. The van der Waals surface area contributed by atoms with Crippen molar-refractivity contribution in [2.24, 2.45) is 5.73 Å². The van der Waals surface area contributed by atoms with Crippen LogP contribution in [0.3, 0.4) is 0 Å². The van der Waals surface area contributed by atoms with Gasteiger partial charge >= 0.3 is 0 Å². The molecule has 0 saturated heterocycles. The van der Waals surface area contributed by atoms with E-state index in [1.807, 2.05) is 0 Å². The van der Waals surface area contributed by atoms with Gasteiger partial charge in [-0.1, -0.05) is 15.9 Å². The maximum absolute atomic E-state index is 13.9. The van der Waals surface area contributed by atoms with Gasteiger partial charge in [-0.15, -0.1) is 0 Å². The first kappa shape index (κ1) is 11.9. The minimum absolute atomic E-state index is 0.0397. The summed E-state index contributed by atoms with van der Waals surface area (Å²) in [6.07, 6.45) is 3.61. The third-order valence-corrected chi connectivity index (χ3v) is 3.54. The molecule has 0 bridgehead atoms. The van der Waals surface area contributed by atoms with Gasteiger partial charge in [-0.2, -0.15) is 0 Å². The normalized spacial score (nSPS) is 17.2. The van der Waals surface area contributed by atoms with Crippen LogP contribution in [-0.4, -0.2) is 12.6 Å². The van der Waals surface area contributed by atoms with E-state index in [2.05, 4.69) is 15.9 Å². The van der Waals surface area contributed by atoms with E-state index in [4.69, 9.17) is 10.5 Å². The van der Waals surface area contributed by atoms with Gasteiger partial charge in [0.25, 0.3) is 0 Å². The summed E-state index contributed by atoms with van der Waals surface area (Å²) in [6.45, 7) is 0. The van der Waals surface area contributed by atoms with Crippen LogP contribution in [0, 0.1) is 5.82 Å². The van der Waals surface area contributed by atoms with Gasteiger partial charge in [0.05, 0.1) is 7.11 Å². The largest absolute Gasteiger partial charge is 0.494 e. The summed E-state index contributed by atoms with van der Waals surface area (Å²) >= 11 is 3.35. The van der Waals surface area contributed by atoms with Gasteiger partial charge in [-0.3, -0.25) is 0 Å². The van der Waals surface area contributed by atoms with E-state index < -0.39 is 0 Å². The predicted octanol–water partition coefficient (Wildman–Crippen LogP) is 3.02. The molecule has 16 heavy (non-hydrogen) atoms. The monoisotopic (exact) mass is 287 g/mol. The van der Waals surface area contributed by atoms with E-state index in [0.717, 1.165) is 23.7 Å². The van der Waals surface area contributed by atoms with Gasteiger partial charge in [-0.05, 0) is 43.4 Å². The highest BCUT2D eigenvalue weighted by atomic mass is 79.9. The minimum atomic E-state index is -0.269. The summed E-state index contributed by atoms with van der Waals surface area (Å²) in [7, 11) is 1.47. The van der Waals surface area contributed by atoms with Gasteiger partial charge < -0.3 is 10.5 Å². The summed E-state index contributed by atoms with van der Waals surface area (Å²) in [5.74, 6) is 0.0150. The molecule has 2 N–H and O–H groups in total. The molecule has 1 aliphatic carbocycles. The Morgan fingerprint density at radius 1 is 1.50 bits per heavy atom. The molecule has 2 nitrogen and oxygen atoms in total. The number of hydrogen-bond acceptors (Lipinski definition) is 2. The van der Waals surface area contributed by atoms with Crippen LogP contribution in [-0.2, 0) is 6.42 Å². The summed E-state index contributed by atoms with van der Waals surface area (Å²) < 4.78 is 19.7. The van der Waals surface area contributed by atoms with Gasteiger partial charge in [0, 0.05) is 10.0 Å². The number of halogens is 2. The third-order valence-electron chi connectivity index (χ3n) is 3.08. The zero-order valence-corrected chi connectivity index (χ0v) is 10.8. The molecule has 0 unspecified atom stereocenters. The highest BCUT2D eigenvalue weighted by molar-refractivity contribution is 9.10. The Morgan fingerprint density at radius 3 is 2.75 bits per heavy atom. The average Bonchev–Trinajstić information content (AvgIpc) is 2.98. The van der Waals surface area contributed by atoms with Crippen LogP contribution >= 0.6 is 15.9 Å². The standard InChI is InChI=1S/C12H15BrFNO/c1-16-10-7-9(13)6-8(11(10)14)2-3-12(15)4-5-12/h6-7H,2-5,15H2,1H3. The summed E-state index contributed by atoms with van der Waals surface area (Å²) in [4.78, 5) is 0. The van der Waals surface area contributed by atoms with E-state index in [9.17, 15) is 4.39 Å². The molecule has 4 heteroatoms. The highest BCUT2D eigenvalue weighted by Gasteiger charge is 2.37. The van der Waals surface area contributed by atoms with Crippen molar-refractivity contribution in [2.45, 2.75) is 31.2 Å². The molecule has 1 fully saturated rings.